The van der Waals surface area contributed by atoms with Gasteiger partial charge in [0, 0.05) is 12.6 Å². The molecule has 2 aliphatic rings. The van der Waals surface area contributed by atoms with E-state index in [-0.39, 0.29) is 24.3 Å². The number of carbonyl (C=O) groups is 2. The number of aryl methyl sites for hydroxylation is 1. The Bertz CT molecular complexity index is 540. The minimum absolute atomic E-state index is 0.0689. The molecule has 4 nitrogen and oxygen atoms in total. The number of aliphatic carboxylic acids is 1. The van der Waals surface area contributed by atoms with Gasteiger partial charge in [-0.2, -0.15) is 0 Å². The standard InChI is InChI=1S/C16H19NO3/c18-15(19)10-12-5-3-9-17(12)16(20)14-8-7-11-4-1-2-6-13(11)14/h1-2,4,6,12,14H,3,5,7-10H2,(H,18,19). The number of carbonyl (C=O) groups excluding carboxylic acids is 1. The Morgan fingerprint density at radius 1 is 1.25 bits per heavy atom. The molecule has 106 valence electrons. The average molecular weight is 273 g/mol. The average Bonchev–Trinajstić information content (AvgIpc) is 3.03. The summed E-state index contributed by atoms with van der Waals surface area (Å²) in [6.07, 6.45) is 3.60. The second-order valence-electron chi connectivity index (χ2n) is 5.72. The van der Waals surface area contributed by atoms with E-state index in [4.69, 9.17) is 5.11 Å². The summed E-state index contributed by atoms with van der Waals surface area (Å²) in [6.45, 7) is 0.704. The summed E-state index contributed by atoms with van der Waals surface area (Å²) >= 11 is 0. The summed E-state index contributed by atoms with van der Waals surface area (Å²) in [6, 6.07) is 7.99. The van der Waals surface area contributed by atoms with Gasteiger partial charge in [0.15, 0.2) is 0 Å². The van der Waals surface area contributed by atoms with E-state index < -0.39 is 5.97 Å². The van der Waals surface area contributed by atoms with Crippen LogP contribution in [-0.2, 0) is 16.0 Å². The van der Waals surface area contributed by atoms with Crippen LogP contribution in [-0.4, -0.2) is 34.5 Å². The van der Waals surface area contributed by atoms with E-state index in [0.29, 0.717) is 6.54 Å². The van der Waals surface area contributed by atoms with Gasteiger partial charge in [-0.1, -0.05) is 24.3 Å². The van der Waals surface area contributed by atoms with Crippen LogP contribution in [0.2, 0.25) is 0 Å². The van der Waals surface area contributed by atoms with Gasteiger partial charge in [-0.15, -0.1) is 0 Å². The molecule has 1 aliphatic carbocycles. The van der Waals surface area contributed by atoms with Gasteiger partial charge in [0.25, 0.3) is 0 Å². The molecule has 0 saturated carbocycles. The molecular weight excluding hydrogens is 254 g/mol. The lowest BCUT2D eigenvalue weighted by Gasteiger charge is -2.26. The van der Waals surface area contributed by atoms with Crippen LogP contribution in [0, 0.1) is 0 Å². The predicted molar refractivity (Wildman–Crippen MR) is 74.5 cm³/mol. The fourth-order valence-corrected chi connectivity index (χ4v) is 3.55. The molecule has 3 rings (SSSR count). The van der Waals surface area contributed by atoms with Crippen molar-refractivity contribution in [3.05, 3.63) is 35.4 Å². The van der Waals surface area contributed by atoms with Crippen LogP contribution in [0.1, 0.15) is 42.7 Å². The van der Waals surface area contributed by atoms with Crippen LogP contribution < -0.4 is 0 Å². The molecule has 2 atom stereocenters. The maximum atomic E-state index is 12.7. The predicted octanol–water partition coefficient (Wildman–Crippen LogP) is 2.18. The van der Waals surface area contributed by atoms with Crippen molar-refractivity contribution < 1.29 is 14.7 Å². The molecule has 0 aromatic heterocycles. The van der Waals surface area contributed by atoms with E-state index in [9.17, 15) is 9.59 Å². The number of carboxylic acids is 1. The summed E-state index contributed by atoms with van der Waals surface area (Å²) < 4.78 is 0. The Hall–Kier alpha value is -1.84. The highest BCUT2D eigenvalue weighted by molar-refractivity contribution is 5.86. The molecule has 1 aliphatic heterocycles. The fraction of sp³-hybridized carbons (Fsp3) is 0.500. The SMILES string of the molecule is O=C(O)CC1CCCN1C(=O)C1CCc2ccccc21. The number of hydrogen-bond donors (Lipinski definition) is 1. The van der Waals surface area contributed by atoms with Crippen LogP contribution in [0.25, 0.3) is 0 Å². The van der Waals surface area contributed by atoms with E-state index in [1.54, 1.807) is 4.90 Å². The number of fused-ring (bicyclic) bond motifs is 1. The van der Waals surface area contributed by atoms with Gasteiger partial charge in [0.1, 0.15) is 0 Å². The first-order valence-electron chi connectivity index (χ1n) is 7.27. The fourth-order valence-electron chi connectivity index (χ4n) is 3.55. The lowest BCUT2D eigenvalue weighted by Crippen LogP contribution is -2.39. The highest BCUT2D eigenvalue weighted by Gasteiger charge is 2.37. The topological polar surface area (TPSA) is 57.6 Å². The summed E-state index contributed by atoms with van der Waals surface area (Å²) in [7, 11) is 0. The van der Waals surface area contributed by atoms with Crippen LogP contribution in [0.15, 0.2) is 24.3 Å². The van der Waals surface area contributed by atoms with E-state index in [1.807, 2.05) is 18.2 Å². The van der Waals surface area contributed by atoms with Gasteiger partial charge in [0.2, 0.25) is 5.91 Å². The number of benzene rings is 1. The first-order valence-corrected chi connectivity index (χ1v) is 7.27. The molecule has 0 bridgehead atoms. The second kappa shape index (κ2) is 5.27. The van der Waals surface area contributed by atoms with E-state index in [1.165, 1.54) is 5.56 Å². The van der Waals surface area contributed by atoms with E-state index >= 15 is 0 Å². The Morgan fingerprint density at radius 2 is 2.05 bits per heavy atom. The molecule has 1 fully saturated rings. The highest BCUT2D eigenvalue weighted by Crippen LogP contribution is 2.36. The Morgan fingerprint density at radius 3 is 2.85 bits per heavy atom. The quantitative estimate of drug-likeness (QED) is 0.918. The third-order valence-electron chi connectivity index (χ3n) is 4.50. The van der Waals surface area contributed by atoms with Gasteiger partial charge >= 0.3 is 5.97 Å². The maximum Gasteiger partial charge on any atom is 0.305 e. The first kappa shape index (κ1) is 13.2. The van der Waals surface area contributed by atoms with Crippen molar-refractivity contribution in [2.75, 3.05) is 6.54 Å². The molecule has 1 aromatic carbocycles. The normalized spacial score (nSPS) is 24.7. The first-order chi connectivity index (χ1) is 9.66. The van der Waals surface area contributed by atoms with Crippen LogP contribution in [0.3, 0.4) is 0 Å². The number of hydrogen-bond acceptors (Lipinski definition) is 2. The number of likely N-dealkylation sites (tertiary alicyclic amines) is 1. The second-order valence-corrected chi connectivity index (χ2v) is 5.72. The minimum Gasteiger partial charge on any atom is -0.481 e. The van der Waals surface area contributed by atoms with Crippen LogP contribution >= 0.6 is 0 Å². The Balaban J connectivity index is 1.78. The summed E-state index contributed by atoms with van der Waals surface area (Å²) in [5.41, 5.74) is 2.40. The number of carboxylic acid groups (broad SMARTS) is 1. The molecule has 0 spiro atoms. The zero-order valence-electron chi connectivity index (χ0n) is 11.4. The largest absolute Gasteiger partial charge is 0.481 e. The molecule has 0 radical (unpaired) electrons. The molecule has 1 aromatic rings. The molecule has 1 amide bonds. The van der Waals surface area contributed by atoms with Gasteiger partial charge in [-0.3, -0.25) is 9.59 Å². The van der Waals surface area contributed by atoms with Crippen molar-refractivity contribution in [3.8, 4) is 0 Å². The minimum atomic E-state index is -0.818. The van der Waals surface area contributed by atoms with Gasteiger partial charge < -0.3 is 10.0 Å². The summed E-state index contributed by atoms with van der Waals surface area (Å²) in [4.78, 5) is 25.4. The van der Waals surface area contributed by atoms with Crippen molar-refractivity contribution in [2.45, 2.75) is 44.1 Å². The number of nitrogens with zero attached hydrogens (tertiary/aromatic N) is 1. The highest BCUT2D eigenvalue weighted by atomic mass is 16.4. The molecule has 1 heterocycles. The lowest BCUT2D eigenvalue weighted by molar-refractivity contribution is -0.140. The molecule has 20 heavy (non-hydrogen) atoms. The molecule has 1 saturated heterocycles. The van der Waals surface area contributed by atoms with Crippen molar-refractivity contribution in [2.24, 2.45) is 0 Å². The number of amides is 1. The van der Waals surface area contributed by atoms with Gasteiger partial charge in [-0.25, -0.2) is 0 Å². The van der Waals surface area contributed by atoms with Gasteiger partial charge in [-0.05, 0) is 36.8 Å². The monoisotopic (exact) mass is 273 g/mol. The maximum absolute atomic E-state index is 12.7. The van der Waals surface area contributed by atoms with Crippen molar-refractivity contribution >= 4 is 11.9 Å². The third-order valence-corrected chi connectivity index (χ3v) is 4.50. The third kappa shape index (κ3) is 2.30. The van der Waals surface area contributed by atoms with E-state index in [0.717, 1.165) is 31.2 Å². The van der Waals surface area contributed by atoms with Crippen molar-refractivity contribution in [1.29, 1.82) is 0 Å². The summed E-state index contributed by atoms with van der Waals surface area (Å²) in [5.74, 6) is -0.763. The summed E-state index contributed by atoms with van der Waals surface area (Å²) in [5, 5.41) is 8.96. The molecule has 1 N–H and O–H groups in total. The molecular formula is C16H19NO3. The Labute approximate surface area is 118 Å². The Kier molecular flexibility index (Phi) is 3.47. The zero-order chi connectivity index (χ0) is 14.1. The molecule has 4 heteroatoms. The lowest BCUT2D eigenvalue weighted by atomic mass is 9.99. The van der Waals surface area contributed by atoms with Crippen LogP contribution in [0.4, 0.5) is 0 Å². The van der Waals surface area contributed by atoms with Crippen molar-refractivity contribution in [3.63, 3.8) is 0 Å². The van der Waals surface area contributed by atoms with Crippen molar-refractivity contribution in [1.82, 2.24) is 4.90 Å². The zero-order valence-corrected chi connectivity index (χ0v) is 11.4. The van der Waals surface area contributed by atoms with E-state index in [2.05, 4.69) is 6.07 Å². The smallest absolute Gasteiger partial charge is 0.305 e. The number of rotatable bonds is 3. The molecule has 2 unspecified atom stereocenters. The van der Waals surface area contributed by atoms with Crippen LogP contribution in [0.5, 0.6) is 0 Å². The van der Waals surface area contributed by atoms with Gasteiger partial charge in [0.05, 0.1) is 12.3 Å².